The molecule has 5 rings (SSSR count). The van der Waals surface area contributed by atoms with Crippen LogP contribution in [-0.4, -0.2) is 38.2 Å². The number of aromatic nitrogens is 1. The molecule has 1 aromatic heterocycles. The van der Waals surface area contributed by atoms with Gasteiger partial charge in [0.25, 0.3) is 5.91 Å². The maximum absolute atomic E-state index is 13.0. The quantitative estimate of drug-likeness (QED) is 0.400. The average molecular weight is 494 g/mol. The second-order valence-electron chi connectivity index (χ2n) is 8.36. The van der Waals surface area contributed by atoms with Crippen molar-refractivity contribution in [3.63, 3.8) is 0 Å². The summed E-state index contributed by atoms with van der Waals surface area (Å²) in [7, 11) is -3.26. The second kappa shape index (κ2) is 9.16. The number of hydrogen-bond donors (Lipinski definition) is 2. The van der Waals surface area contributed by atoms with Gasteiger partial charge in [-0.25, -0.2) is 8.42 Å². The number of halogens is 1. The highest BCUT2D eigenvalue weighted by Gasteiger charge is 2.28. The molecular formula is C26H24ClN3O3S. The molecule has 1 atom stereocenters. The van der Waals surface area contributed by atoms with Crippen molar-refractivity contribution < 1.29 is 13.2 Å². The Hall–Kier alpha value is -3.29. The molecule has 1 aliphatic rings. The Balaban J connectivity index is 1.38. The molecule has 3 aromatic carbocycles. The van der Waals surface area contributed by atoms with Gasteiger partial charge in [-0.3, -0.25) is 9.10 Å². The van der Waals surface area contributed by atoms with E-state index in [1.807, 2.05) is 48.7 Å². The van der Waals surface area contributed by atoms with Crippen molar-refractivity contribution in [3.8, 4) is 0 Å². The van der Waals surface area contributed by atoms with Gasteiger partial charge >= 0.3 is 0 Å². The number of hydrogen-bond acceptors (Lipinski definition) is 3. The first kappa shape index (κ1) is 22.5. The maximum atomic E-state index is 13.0. The summed E-state index contributed by atoms with van der Waals surface area (Å²) in [5.74, 6) is -0.220. The number of fused-ring (bicyclic) bond motifs is 1. The highest BCUT2D eigenvalue weighted by atomic mass is 35.5. The molecule has 6 nitrogen and oxygen atoms in total. The molecule has 4 aromatic rings. The minimum Gasteiger partial charge on any atom is -0.361 e. The lowest BCUT2D eigenvalue weighted by Crippen LogP contribution is -2.29. The Bertz CT molecular complexity index is 1450. The topological polar surface area (TPSA) is 82.3 Å². The van der Waals surface area contributed by atoms with Crippen LogP contribution in [0.25, 0.3) is 10.9 Å². The van der Waals surface area contributed by atoms with E-state index in [1.54, 1.807) is 24.3 Å². The normalized spacial score (nSPS) is 16.0. The molecule has 174 valence electrons. The number of rotatable bonds is 6. The molecule has 1 amide bonds. The summed E-state index contributed by atoms with van der Waals surface area (Å²) in [6.45, 7) is 0.824. The lowest BCUT2D eigenvalue weighted by Gasteiger charge is -2.20. The maximum Gasteiger partial charge on any atom is 0.251 e. The Labute approximate surface area is 203 Å². The molecule has 1 aliphatic heterocycles. The van der Waals surface area contributed by atoms with Gasteiger partial charge in [-0.05, 0) is 53.9 Å². The van der Waals surface area contributed by atoms with E-state index in [0.717, 1.165) is 22.0 Å². The molecule has 0 unspecified atom stereocenters. The fraction of sp³-hybridized carbons (Fsp3) is 0.192. The van der Waals surface area contributed by atoms with Gasteiger partial charge in [0.15, 0.2) is 0 Å². The Morgan fingerprint density at radius 2 is 1.74 bits per heavy atom. The number of nitrogens with zero attached hydrogens (tertiary/aromatic N) is 1. The van der Waals surface area contributed by atoms with Crippen molar-refractivity contribution in [2.75, 3.05) is 23.1 Å². The summed E-state index contributed by atoms with van der Waals surface area (Å²) in [4.78, 5) is 16.3. The highest BCUT2D eigenvalue weighted by molar-refractivity contribution is 7.93. The van der Waals surface area contributed by atoms with Gasteiger partial charge in [0.1, 0.15) is 0 Å². The molecule has 1 saturated heterocycles. The number of anilines is 1. The van der Waals surface area contributed by atoms with E-state index in [4.69, 9.17) is 11.6 Å². The Kier molecular flexibility index (Phi) is 6.06. The van der Waals surface area contributed by atoms with Crippen molar-refractivity contribution in [1.82, 2.24) is 10.3 Å². The van der Waals surface area contributed by atoms with Gasteiger partial charge in [0.2, 0.25) is 10.0 Å². The second-order valence-corrected chi connectivity index (χ2v) is 10.8. The molecule has 0 bridgehead atoms. The van der Waals surface area contributed by atoms with Crippen LogP contribution in [0.2, 0.25) is 5.02 Å². The molecule has 2 heterocycles. The molecule has 2 N–H and O–H groups in total. The third-order valence-electron chi connectivity index (χ3n) is 6.26. The van der Waals surface area contributed by atoms with E-state index >= 15 is 0 Å². The fourth-order valence-electron chi connectivity index (χ4n) is 4.53. The number of carbonyl (C=O) groups is 1. The fourth-order valence-corrected chi connectivity index (χ4v) is 6.36. The number of sulfonamides is 1. The summed E-state index contributed by atoms with van der Waals surface area (Å²) < 4.78 is 25.7. The smallest absolute Gasteiger partial charge is 0.251 e. The van der Waals surface area contributed by atoms with E-state index in [-0.39, 0.29) is 17.6 Å². The lowest BCUT2D eigenvalue weighted by molar-refractivity contribution is 0.0952. The van der Waals surface area contributed by atoms with Crippen LogP contribution in [0.1, 0.15) is 33.8 Å². The van der Waals surface area contributed by atoms with Crippen LogP contribution in [-0.2, 0) is 10.0 Å². The first-order chi connectivity index (χ1) is 16.4. The number of carbonyl (C=O) groups excluding carboxylic acids is 1. The summed E-state index contributed by atoms with van der Waals surface area (Å²) >= 11 is 6.55. The first-order valence-corrected chi connectivity index (χ1v) is 13.1. The molecule has 0 spiro atoms. The zero-order valence-corrected chi connectivity index (χ0v) is 19.9. The van der Waals surface area contributed by atoms with Crippen LogP contribution < -0.4 is 9.62 Å². The zero-order valence-electron chi connectivity index (χ0n) is 18.4. The number of H-pyrrole nitrogens is 1. The van der Waals surface area contributed by atoms with Gasteiger partial charge in [-0.15, -0.1) is 0 Å². The Morgan fingerprint density at radius 1 is 1.00 bits per heavy atom. The van der Waals surface area contributed by atoms with Gasteiger partial charge < -0.3 is 10.3 Å². The summed E-state index contributed by atoms with van der Waals surface area (Å²) in [6.07, 6.45) is 2.58. The average Bonchev–Trinajstić information content (AvgIpc) is 3.43. The first-order valence-electron chi connectivity index (χ1n) is 11.1. The minimum absolute atomic E-state index is 0.150. The van der Waals surface area contributed by atoms with E-state index < -0.39 is 10.0 Å². The molecule has 34 heavy (non-hydrogen) atoms. The predicted octanol–water partition coefficient (Wildman–Crippen LogP) is 4.92. The molecule has 1 fully saturated rings. The van der Waals surface area contributed by atoms with Crippen LogP contribution in [0.4, 0.5) is 5.69 Å². The van der Waals surface area contributed by atoms with E-state index in [0.29, 0.717) is 35.8 Å². The van der Waals surface area contributed by atoms with E-state index in [1.165, 1.54) is 4.31 Å². The number of amides is 1. The summed E-state index contributed by atoms with van der Waals surface area (Å²) in [6, 6.07) is 22.4. The van der Waals surface area contributed by atoms with Crippen molar-refractivity contribution in [2.45, 2.75) is 12.3 Å². The number of para-hydroxylation sites is 1. The molecule has 8 heteroatoms. The predicted molar refractivity (Wildman–Crippen MR) is 136 cm³/mol. The van der Waals surface area contributed by atoms with Gasteiger partial charge in [0, 0.05) is 46.7 Å². The lowest BCUT2D eigenvalue weighted by atomic mass is 9.90. The van der Waals surface area contributed by atoms with Crippen LogP contribution in [0, 0.1) is 0 Å². The number of aromatic amines is 1. The van der Waals surface area contributed by atoms with Crippen molar-refractivity contribution in [3.05, 3.63) is 101 Å². The monoisotopic (exact) mass is 493 g/mol. The highest BCUT2D eigenvalue weighted by Crippen LogP contribution is 2.34. The summed E-state index contributed by atoms with van der Waals surface area (Å²) in [5.41, 5.74) is 4.06. The Morgan fingerprint density at radius 3 is 2.47 bits per heavy atom. The van der Waals surface area contributed by atoms with Crippen LogP contribution in [0.15, 0.2) is 79.0 Å². The molecule has 0 radical (unpaired) electrons. The van der Waals surface area contributed by atoms with Crippen molar-refractivity contribution >= 4 is 44.1 Å². The molecule has 0 aliphatic carbocycles. The minimum atomic E-state index is -3.26. The third kappa shape index (κ3) is 4.29. The molecule has 0 saturated carbocycles. The van der Waals surface area contributed by atoms with Gasteiger partial charge in [-0.1, -0.05) is 48.0 Å². The van der Waals surface area contributed by atoms with Crippen LogP contribution in [0.3, 0.4) is 0 Å². The van der Waals surface area contributed by atoms with E-state index in [9.17, 15) is 13.2 Å². The van der Waals surface area contributed by atoms with E-state index in [2.05, 4.69) is 16.4 Å². The van der Waals surface area contributed by atoms with Crippen molar-refractivity contribution in [1.29, 1.82) is 0 Å². The zero-order chi connectivity index (χ0) is 23.7. The largest absolute Gasteiger partial charge is 0.361 e. The SMILES string of the molecule is O=C(NC[C@H](c1ccccc1Cl)c1c[nH]c2ccccc12)c1ccc(N2CCCS2(=O)=O)cc1. The van der Waals surface area contributed by atoms with Crippen LogP contribution in [0.5, 0.6) is 0 Å². The molecular weight excluding hydrogens is 470 g/mol. The number of nitrogens with one attached hydrogen (secondary N) is 2. The van der Waals surface area contributed by atoms with Gasteiger partial charge in [0.05, 0.1) is 11.4 Å². The van der Waals surface area contributed by atoms with Crippen molar-refractivity contribution in [2.24, 2.45) is 0 Å². The van der Waals surface area contributed by atoms with Crippen LogP contribution >= 0.6 is 11.6 Å². The standard InChI is InChI=1S/C26H24ClN3O3S/c27-24-8-3-1-6-20(24)22(23-16-28-25-9-4-2-7-21(23)25)17-29-26(31)18-10-12-19(13-11-18)30-14-5-15-34(30,32)33/h1-4,6-13,16,22,28H,5,14-15,17H2,(H,29,31)/t22-/m1/s1. The van der Waals surface area contributed by atoms with Gasteiger partial charge in [-0.2, -0.15) is 0 Å². The summed E-state index contributed by atoms with van der Waals surface area (Å²) in [5, 5.41) is 4.76. The third-order valence-corrected chi connectivity index (χ3v) is 8.47. The number of benzene rings is 3.